The fourth-order valence-electron chi connectivity index (χ4n) is 2.08. The van der Waals surface area contributed by atoms with Crippen molar-refractivity contribution in [2.24, 2.45) is 0 Å². The summed E-state index contributed by atoms with van der Waals surface area (Å²) >= 11 is 0. The molecular weight excluding hydrogens is 198 g/mol. The van der Waals surface area contributed by atoms with Crippen molar-refractivity contribution in [1.82, 2.24) is 5.32 Å². The molecule has 0 aliphatic carbocycles. The van der Waals surface area contributed by atoms with Gasteiger partial charge in [0, 0.05) is 0 Å². The van der Waals surface area contributed by atoms with Gasteiger partial charge in [0.1, 0.15) is 0 Å². The zero-order chi connectivity index (χ0) is 11.2. The number of piperidine rings is 1. The van der Waals surface area contributed by atoms with E-state index in [0.29, 0.717) is 12.6 Å². The molecule has 0 bridgehead atoms. The minimum Gasteiger partial charge on any atom is -0.372 e. The molecule has 0 spiro atoms. The smallest absolute Gasteiger partial charge is 0.0768 e. The molecule has 1 N–H and O–H groups in total. The summed E-state index contributed by atoms with van der Waals surface area (Å²) in [4.78, 5) is 0. The highest BCUT2D eigenvalue weighted by atomic mass is 16.5. The lowest BCUT2D eigenvalue weighted by Crippen LogP contribution is -2.44. The van der Waals surface area contributed by atoms with E-state index in [0.717, 1.165) is 13.0 Å². The summed E-state index contributed by atoms with van der Waals surface area (Å²) in [6.45, 7) is 5.61. The zero-order valence-electron chi connectivity index (χ0n) is 9.56. The Morgan fingerprint density at radius 2 is 2.19 bits per heavy atom. The van der Waals surface area contributed by atoms with Gasteiger partial charge in [-0.05, 0) is 24.9 Å². The highest BCUT2D eigenvalue weighted by molar-refractivity contribution is 5.13. The number of hydrogen-bond donors (Lipinski definition) is 1. The SMILES string of the molecule is C=CC1NCCCC1OCc1ccccc1. The molecule has 16 heavy (non-hydrogen) atoms. The van der Waals surface area contributed by atoms with Crippen molar-refractivity contribution < 1.29 is 4.74 Å². The molecule has 0 aromatic heterocycles. The van der Waals surface area contributed by atoms with Crippen molar-refractivity contribution in [3.63, 3.8) is 0 Å². The highest BCUT2D eigenvalue weighted by Gasteiger charge is 2.22. The molecule has 1 aliphatic rings. The number of ether oxygens (including phenoxy) is 1. The Balaban J connectivity index is 1.86. The van der Waals surface area contributed by atoms with E-state index in [1.54, 1.807) is 0 Å². The summed E-state index contributed by atoms with van der Waals surface area (Å²) in [6, 6.07) is 10.6. The van der Waals surface area contributed by atoms with E-state index < -0.39 is 0 Å². The Morgan fingerprint density at radius 1 is 1.38 bits per heavy atom. The fourth-order valence-corrected chi connectivity index (χ4v) is 2.08. The molecule has 1 heterocycles. The number of hydrogen-bond acceptors (Lipinski definition) is 2. The van der Waals surface area contributed by atoms with Crippen LogP contribution in [-0.2, 0) is 11.3 Å². The van der Waals surface area contributed by atoms with Crippen molar-refractivity contribution in [3.8, 4) is 0 Å². The van der Waals surface area contributed by atoms with Gasteiger partial charge in [0.15, 0.2) is 0 Å². The zero-order valence-corrected chi connectivity index (χ0v) is 9.56. The van der Waals surface area contributed by atoms with Crippen LogP contribution in [-0.4, -0.2) is 18.7 Å². The van der Waals surface area contributed by atoms with Gasteiger partial charge in [-0.2, -0.15) is 0 Å². The largest absolute Gasteiger partial charge is 0.372 e. The van der Waals surface area contributed by atoms with E-state index in [4.69, 9.17) is 4.74 Å². The predicted octanol–water partition coefficient (Wildman–Crippen LogP) is 2.51. The third-order valence-corrected chi connectivity index (χ3v) is 3.01. The number of nitrogens with one attached hydrogen (secondary N) is 1. The maximum absolute atomic E-state index is 5.94. The summed E-state index contributed by atoms with van der Waals surface area (Å²) < 4.78 is 5.94. The Labute approximate surface area is 97.3 Å². The van der Waals surface area contributed by atoms with E-state index in [9.17, 15) is 0 Å². The van der Waals surface area contributed by atoms with Gasteiger partial charge in [-0.1, -0.05) is 36.4 Å². The maximum atomic E-state index is 5.94. The molecule has 0 saturated carbocycles. The summed E-state index contributed by atoms with van der Waals surface area (Å²) in [5.41, 5.74) is 1.23. The summed E-state index contributed by atoms with van der Waals surface area (Å²) in [5.74, 6) is 0. The van der Waals surface area contributed by atoms with E-state index in [-0.39, 0.29) is 6.10 Å². The minimum absolute atomic E-state index is 0.270. The molecule has 2 atom stereocenters. The quantitative estimate of drug-likeness (QED) is 0.782. The first-order valence-corrected chi connectivity index (χ1v) is 5.91. The average molecular weight is 217 g/mol. The molecule has 2 rings (SSSR count). The first-order valence-electron chi connectivity index (χ1n) is 5.91. The molecule has 2 heteroatoms. The van der Waals surface area contributed by atoms with Crippen molar-refractivity contribution in [2.45, 2.75) is 31.6 Å². The van der Waals surface area contributed by atoms with Crippen LogP contribution in [0.3, 0.4) is 0 Å². The van der Waals surface area contributed by atoms with Crippen molar-refractivity contribution in [3.05, 3.63) is 48.6 Å². The molecular formula is C14H19NO. The van der Waals surface area contributed by atoms with E-state index >= 15 is 0 Å². The Bertz CT molecular complexity index is 323. The Kier molecular flexibility index (Phi) is 4.14. The minimum atomic E-state index is 0.270. The Morgan fingerprint density at radius 3 is 2.94 bits per heavy atom. The normalized spacial score (nSPS) is 25.2. The monoisotopic (exact) mass is 217 g/mol. The standard InChI is InChI=1S/C14H19NO/c1-2-13-14(9-6-10-15-13)16-11-12-7-4-3-5-8-12/h2-5,7-8,13-15H,1,6,9-11H2. The summed E-state index contributed by atoms with van der Waals surface area (Å²) in [7, 11) is 0. The van der Waals surface area contributed by atoms with Gasteiger partial charge >= 0.3 is 0 Å². The lowest BCUT2D eigenvalue weighted by atomic mass is 10.0. The molecule has 86 valence electrons. The second-order valence-corrected chi connectivity index (χ2v) is 4.19. The van der Waals surface area contributed by atoms with Gasteiger partial charge in [-0.15, -0.1) is 6.58 Å². The first kappa shape index (κ1) is 11.4. The van der Waals surface area contributed by atoms with E-state index in [1.807, 2.05) is 24.3 Å². The van der Waals surface area contributed by atoms with Gasteiger partial charge < -0.3 is 10.1 Å². The lowest BCUT2D eigenvalue weighted by molar-refractivity contribution is 0.00839. The first-order chi connectivity index (χ1) is 7.90. The second-order valence-electron chi connectivity index (χ2n) is 4.19. The molecule has 0 radical (unpaired) electrons. The summed E-state index contributed by atoms with van der Waals surface area (Å²) in [6.07, 6.45) is 4.53. The fraction of sp³-hybridized carbons (Fsp3) is 0.429. The van der Waals surface area contributed by atoms with Crippen LogP contribution in [0.4, 0.5) is 0 Å². The molecule has 1 aromatic rings. The van der Waals surface area contributed by atoms with E-state index in [1.165, 1.54) is 12.0 Å². The highest BCUT2D eigenvalue weighted by Crippen LogP contribution is 2.15. The molecule has 2 unspecified atom stereocenters. The van der Waals surface area contributed by atoms with E-state index in [2.05, 4.69) is 24.0 Å². The van der Waals surface area contributed by atoms with Crippen LogP contribution in [0.15, 0.2) is 43.0 Å². The van der Waals surface area contributed by atoms with Crippen LogP contribution in [0, 0.1) is 0 Å². The molecule has 1 fully saturated rings. The third-order valence-electron chi connectivity index (χ3n) is 3.01. The van der Waals surface area contributed by atoms with Crippen LogP contribution in [0.2, 0.25) is 0 Å². The van der Waals surface area contributed by atoms with Gasteiger partial charge in [0.05, 0.1) is 18.8 Å². The van der Waals surface area contributed by atoms with Crippen molar-refractivity contribution in [2.75, 3.05) is 6.54 Å². The molecule has 1 aromatic carbocycles. The van der Waals surface area contributed by atoms with Crippen LogP contribution < -0.4 is 5.32 Å². The molecule has 0 amide bonds. The number of rotatable bonds is 4. The molecule has 1 aliphatic heterocycles. The lowest BCUT2D eigenvalue weighted by Gasteiger charge is -2.30. The van der Waals surface area contributed by atoms with Gasteiger partial charge in [0.25, 0.3) is 0 Å². The van der Waals surface area contributed by atoms with Gasteiger partial charge in [0.2, 0.25) is 0 Å². The van der Waals surface area contributed by atoms with Crippen LogP contribution in [0.25, 0.3) is 0 Å². The van der Waals surface area contributed by atoms with Crippen molar-refractivity contribution in [1.29, 1.82) is 0 Å². The van der Waals surface area contributed by atoms with Crippen LogP contribution >= 0.6 is 0 Å². The maximum Gasteiger partial charge on any atom is 0.0768 e. The topological polar surface area (TPSA) is 21.3 Å². The summed E-state index contributed by atoms with van der Waals surface area (Å²) in [5, 5.41) is 3.41. The Hall–Kier alpha value is -1.12. The molecule has 1 saturated heterocycles. The second kappa shape index (κ2) is 5.83. The third kappa shape index (κ3) is 2.94. The van der Waals surface area contributed by atoms with Gasteiger partial charge in [-0.3, -0.25) is 0 Å². The van der Waals surface area contributed by atoms with Crippen LogP contribution in [0.1, 0.15) is 18.4 Å². The van der Waals surface area contributed by atoms with Crippen LogP contribution in [0.5, 0.6) is 0 Å². The number of benzene rings is 1. The predicted molar refractivity (Wildman–Crippen MR) is 66.2 cm³/mol. The van der Waals surface area contributed by atoms with Gasteiger partial charge in [-0.25, -0.2) is 0 Å². The average Bonchev–Trinajstić information content (AvgIpc) is 2.38. The molecule has 2 nitrogen and oxygen atoms in total. The van der Waals surface area contributed by atoms with Crippen molar-refractivity contribution >= 4 is 0 Å².